The topological polar surface area (TPSA) is 191 Å². The van der Waals surface area contributed by atoms with E-state index in [1.165, 1.54) is 27.7 Å². The van der Waals surface area contributed by atoms with Crippen LogP contribution in [0.5, 0.6) is 0 Å². The van der Waals surface area contributed by atoms with E-state index < -0.39 is 47.4 Å². The number of hydrogen-bond acceptors (Lipinski definition) is 13. The maximum atomic E-state index is 12.3. The molecule has 40 heavy (non-hydrogen) atoms. The molecule has 0 aliphatic heterocycles. The van der Waals surface area contributed by atoms with E-state index >= 15 is 0 Å². The number of hydrogen-bond donors (Lipinski definition) is 2. The van der Waals surface area contributed by atoms with Crippen molar-refractivity contribution < 1.29 is 61.9 Å². The van der Waals surface area contributed by atoms with E-state index in [1.54, 1.807) is 0 Å². The summed E-state index contributed by atoms with van der Waals surface area (Å²) in [5, 5.41) is 4.66. The van der Waals surface area contributed by atoms with Crippen LogP contribution in [0.25, 0.3) is 0 Å². The van der Waals surface area contributed by atoms with E-state index in [-0.39, 0.29) is 63.9 Å². The Morgan fingerprint density at radius 1 is 0.575 bits per heavy atom. The van der Waals surface area contributed by atoms with Gasteiger partial charge in [-0.05, 0) is 34.3 Å². The highest BCUT2D eigenvalue weighted by Gasteiger charge is 2.34. The fourth-order valence-electron chi connectivity index (χ4n) is 2.13. The molecule has 0 heterocycles. The maximum absolute atomic E-state index is 12.3. The van der Waals surface area contributed by atoms with Crippen LogP contribution >= 0.6 is 0 Å². The van der Waals surface area contributed by atoms with Gasteiger partial charge in [-0.25, -0.2) is 28.8 Å². The zero-order valence-electron chi connectivity index (χ0n) is 23.1. The number of rotatable bonds is 18. The fraction of sp³-hybridized carbons (Fsp3) is 0.520. The molecule has 0 unspecified atom stereocenters. The molecule has 224 valence electrons. The van der Waals surface area contributed by atoms with Gasteiger partial charge in [-0.3, -0.25) is 0 Å². The van der Waals surface area contributed by atoms with Gasteiger partial charge in [0.2, 0.25) is 5.60 Å². The van der Waals surface area contributed by atoms with E-state index in [0.717, 1.165) is 0 Å². The predicted molar refractivity (Wildman–Crippen MR) is 136 cm³/mol. The van der Waals surface area contributed by atoms with Gasteiger partial charge in [0.05, 0.1) is 13.1 Å². The highest BCUT2D eigenvalue weighted by Crippen LogP contribution is 2.16. The summed E-state index contributed by atoms with van der Waals surface area (Å²) >= 11 is 0. The van der Waals surface area contributed by atoms with Crippen molar-refractivity contribution in [2.24, 2.45) is 0 Å². The Morgan fingerprint density at radius 2 is 0.950 bits per heavy atom. The second-order valence-corrected chi connectivity index (χ2v) is 8.27. The third-order valence-electron chi connectivity index (χ3n) is 4.10. The lowest BCUT2D eigenvalue weighted by Crippen LogP contribution is -2.38. The average molecular weight is 573 g/mol. The number of carbonyl (C=O) groups excluding carboxylic acids is 6. The number of amides is 2. The number of carbonyl (C=O) groups is 6. The molecule has 0 saturated heterocycles. The largest absolute Gasteiger partial charge is 0.469 e. The van der Waals surface area contributed by atoms with Crippen molar-refractivity contribution in [2.45, 2.75) is 33.3 Å². The van der Waals surface area contributed by atoms with Crippen molar-refractivity contribution in [3.8, 4) is 0 Å². The Labute approximate surface area is 231 Å². The van der Waals surface area contributed by atoms with Crippen LogP contribution in [0.2, 0.25) is 0 Å². The monoisotopic (exact) mass is 572 g/mol. The van der Waals surface area contributed by atoms with Gasteiger partial charge in [0.15, 0.2) is 5.76 Å². The third-order valence-corrected chi connectivity index (χ3v) is 4.10. The normalized spacial score (nSPS) is 10.2. The Balaban J connectivity index is 4.11. The van der Waals surface area contributed by atoms with Crippen LogP contribution in [0, 0.1) is 0 Å². The lowest BCUT2D eigenvalue weighted by atomic mass is 10.1. The second-order valence-electron chi connectivity index (χ2n) is 8.27. The molecule has 15 nitrogen and oxygen atoms in total. The minimum atomic E-state index is -1.64. The summed E-state index contributed by atoms with van der Waals surface area (Å²) in [5.41, 5.74) is -1.20. The first-order valence-electron chi connectivity index (χ1n) is 11.9. The van der Waals surface area contributed by atoms with Crippen molar-refractivity contribution in [3.63, 3.8) is 0 Å². The van der Waals surface area contributed by atoms with Crippen LogP contribution in [-0.4, -0.2) is 94.4 Å². The van der Waals surface area contributed by atoms with Crippen LogP contribution in [-0.2, 0) is 52.3 Å². The van der Waals surface area contributed by atoms with Crippen molar-refractivity contribution in [3.05, 3.63) is 36.6 Å². The lowest BCUT2D eigenvalue weighted by molar-refractivity contribution is -0.168. The Morgan fingerprint density at radius 3 is 1.38 bits per heavy atom. The maximum Gasteiger partial charge on any atom is 0.407 e. The minimum Gasteiger partial charge on any atom is -0.469 e. The number of ether oxygens (including phenoxy) is 7. The van der Waals surface area contributed by atoms with Gasteiger partial charge in [0.25, 0.3) is 0 Å². The molecular weight excluding hydrogens is 536 g/mol. The summed E-state index contributed by atoms with van der Waals surface area (Å²) in [4.78, 5) is 69.8. The highest BCUT2D eigenvalue weighted by molar-refractivity contribution is 5.88. The van der Waals surface area contributed by atoms with E-state index in [2.05, 4.69) is 30.4 Å². The first-order chi connectivity index (χ1) is 18.7. The van der Waals surface area contributed by atoms with Gasteiger partial charge in [-0.2, -0.15) is 0 Å². The standard InChI is InChI=1S/C25H36N2O13/c1-16(2)19(28)34-10-8-26-23(32)38-14-12-36-21(30)18(5)40-25(6,7)22(31)37-13-15-39-24(33)27-9-11-35-20(29)17(3)4/h1,3,5,8-15H2,2,4,6-7H3,(H,26,32)(H,27,33). The quantitative estimate of drug-likeness (QED) is 0.0780. The first kappa shape index (κ1) is 35.4. The molecule has 0 rings (SSSR count). The Bertz CT molecular complexity index is 972. The van der Waals surface area contributed by atoms with Crippen LogP contribution in [0.15, 0.2) is 36.6 Å². The number of nitrogens with one attached hydrogen (secondary N) is 2. The molecule has 2 N–H and O–H groups in total. The van der Waals surface area contributed by atoms with Gasteiger partial charge in [0, 0.05) is 11.1 Å². The Kier molecular flexibility index (Phi) is 16.5. The molecule has 0 fully saturated rings. The average Bonchev–Trinajstić information content (AvgIpc) is 2.88. The number of alkyl carbamates (subject to hydrolysis) is 2. The van der Waals surface area contributed by atoms with Gasteiger partial charge < -0.3 is 43.8 Å². The molecule has 0 aromatic heterocycles. The summed E-state index contributed by atoms with van der Waals surface area (Å²) in [6.45, 7) is 14.5. The van der Waals surface area contributed by atoms with Crippen molar-refractivity contribution in [1.82, 2.24) is 10.6 Å². The summed E-state index contributed by atoms with van der Waals surface area (Å²) in [6, 6.07) is 0. The van der Waals surface area contributed by atoms with Crippen LogP contribution in [0.3, 0.4) is 0 Å². The fourth-order valence-corrected chi connectivity index (χ4v) is 2.13. The molecule has 0 aromatic carbocycles. The zero-order valence-corrected chi connectivity index (χ0v) is 23.1. The summed E-state index contributed by atoms with van der Waals surface area (Å²) in [5.74, 6) is -3.58. The van der Waals surface area contributed by atoms with Gasteiger partial charge in [0.1, 0.15) is 39.6 Å². The summed E-state index contributed by atoms with van der Waals surface area (Å²) in [7, 11) is 0. The summed E-state index contributed by atoms with van der Waals surface area (Å²) in [6.07, 6.45) is -1.65. The molecule has 0 aromatic rings. The van der Waals surface area contributed by atoms with Crippen LogP contribution in [0.4, 0.5) is 9.59 Å². The molecule has 0 bridgehead atoms. The SMILES string of the molecule is C=C(C)C(=O)OCCNC(=O)OCCOC(=O)C(=C)OC(C)(C)C(=O)OCCOC(=O)NCCOC(=O)C(=C)C. The van der Waals surface area contributed by atoms with E-state index in [9.17, 15) is 28.8 Å². The molecule has 0 spiro atoms. The third kappa shape index (κ3) is 16.3. The zero-order chi connectivity index (χ0) is 30.7. The molecule has 0 aliphatic carbocycles. The van der Waals surface area contributed by atoms with E-state index in [1.807, 2.05) is 0 Å². The molecule has 0 atom stereocenters. The van der Waals surface area contributed by atoms with Crippen molar-refractivity contribution >= 4 is 36.1 Å². The second kappa shape index (κ2) is 18.7. The minimum absolute atomic E-state index is 0.00156. The lowest BCUT2D eigenvalue weighted by Gasteiger charge is -2.24. The predicted octanol–water partition coefficient (Wildman–Crippen LogP) is 1.07. The Hall–Kier alpha value is -4.56. The smallest absolute Gasteiger partial charge is 0.407 e. The van der Waals surface area contributed by atoms with Crippen LogP contribution < -0.4 is 10.6 Å². The summed E-state index contributed by atoms with van der Waals surface area (Å²) < 4.78 is 34.3. The molecular formula is C25H36N2O13. The molecule has 15 heteroatoms. The molecule has 0 radical (unpaired) electrons. The first-order valence-corrected chi connectivity index (χ1v) is 11.9. The van der Waals surface area contributed by atoms with Gasteiger partial charge in [-0.15, -0.1) is 0 Å². The molecule has 0 saturated carbocycles. The van der Waals surface area contributed by atoms with Gasteiger partial charge >= 0.3 is 36.1 Å². The van der Waals surface area contributed by atoms with E-state index in [0.29, 0.717) is 0 Å². The van der Waals surface area contributed by atoms with Crippen LogP contribution in [0.1, 0.15) is 27.7 Å². The highest BCUT2D eigenvalue weighted by atomic mass is 16.6. The van der Waals surface area contributed by atoms with Crippen molar-refractivity contribution in [1.29, 1.82) is 0 Å². The van der Waals surface area contributed by atoms with Gasteiger partial charge in [-0.1, -0.05) is 13.2 Å². The van der Waals surface area contributed by atoms with E-state index in [4.69, 9.17) is 33.2 Å². The van der Waals surface area contributed by atoms with Crippen molar-refractivity contribution in [2.75, 3.05) is 52.7 Å². The molecule has 2 amide bonds. The number of esters is 4. The molecule has 0 aliphatic rings.